The highest BCUT2D eigenvalue weighted by molar-refractivity contribution is 7.99. The zero-order valence-corrected chi connectivity index (χ0v) is 10.5. The minimum absolute atomic E-state index is 0.501. The molecule has 0 aromatic carbocycles. The Hall–Kier alpha value is -0.970. The fourth-order valence-corrected chi connectivity index (χ4v) is 2.81. The van der Waals surface area contributed by atoms with Gasteiger partial charge in [0.2, 0.25) is 11.8 Å². The Bertz CT molecular complexity index is 353. The fraction of sp³-hybridized carbons (Fsp3) is 0.636. The predicted molar refractivity (Wildman–Crippen MR) is 67.3 cm³/mol. The largest absolute Gasteiger partial charge is 0.478 e. The Morgan fingerprint density at radius 2 is 2.44 bits per heavy atom. The first-order chi connectivity index (χ1) is 7.78. The lowest BCUT2D eigenvalue weighted by atomic mass is 10.3. The SMILES string of the molecule is CCOc1cc(C)nc(NC2CCSC2)n1. The second-order valence-electron chi connectivity index (χ2n) is 3.81. The van der Waals surface area contributed by atoms with Crippen LogP contribution in [0.4, 0.5) is 5.95 Å². The summed E-state index contributed by atoms with van der Waals surface area (Å²) in [7, 11) is 0. The van der Waals surface area contributed by atoms with Crippen LogP contribution in [0.3, 0.4) is 0 Å². The van der Waals surface area contributed by atoms with Crippen LogP contribution in [-0.2, 0) is 0 Å². The van der Waals surface area contributed by atoms with Crippen molar-refractivity contribution < 1.29 is 4.74 Å². The van der Waals surface area contributed by atoms with Gasteiger partial charge in [0.05, 0.1) is 6.61 Å². The summed E-state index contributed by atoms with van der Waals surface area (Å²) in [5, 5.41) is 3.36. The Labute approximate surface area is 100 Å². The number of anilines is 1. The molecule has 0 bridgehead atoms. The number of aryl methyl sites for hydroxylation is 1. The third-order valence-electron chi connectivity index (χ3n) is 2.39. The summed E-state index contributed by atoms with van der Waals surface area (Å²) in [6, 6.07) is 2.36. The van der Waals surface area contributed by atoms with Crippen molar-refractivity contribution in [2.75, 3.05) is 23.4 Å². The van der Waals surface area contributed by atoms with Gasteiger partial charge >= 0.3 is 0 Å². The minimum atomic E-state index is 0.501. The van der Waals surface area contributed by atoms with Crippen LogP contribution in [-0.4, -0.2) is 34.1 Å². The van der Waals surface area contributed by atoms with Gasteiger partial charge in [-0.15, -0.1) is 0 Å². The lowest BCUT2D eigenvalue weighted by Gasteiger charge is -2.12. The Kier molecular flexibility index (Phi) is 3.88. The van der Waals surface area contributed by atoms with Crippen molar-refractivity contribution in [1.82, 2.24) is 9.97 Å². The molecule has 1 aromatic heterocycles. The van der Waals surface area contributed by atoms with E-state index in [0.717, 1.165) is 11.4 Å². The van der Waals surface area contributed by atoms with Gasteiger partial charge in [-0.1, -0.05) is 0 Å². The average molecular weight is 239 g/mol. The molecule has 1 unspecified atom stereocenters. The normalized spacial score (nSPS) is 19.8. The van der Waals surface area contributed by atoms with E-state index in [1.807, 2.05) is 31.7 Å². The van der Waals surface area contributed by atoms with Gasteiger partial charge in [-0.05, 0) is 26.0 Å². The van der Waals surface area contributed by atoms with Crippen LogP contribution in [0.1, 0.15) is 19.0 Å². The van der Waals surface area contributed by atoms with Crippen molar-refractivity contribution >= 4 is 17.7 Å². The molecule has 0 amide bonds. The number of thioether (sulfide) groups is 1. The van der Waals surface area contributed by atoms with Crippen molar-refractivity contribution in [3.63, 3.8) is 0 Å². The van der Waals surface area contributed by atoms with E-state index in [2.05, 4.69) is 15.3 Å². The van der Waals surface area contributed by atoms with Crippen LogP contribution in [0.15, 0.2) is 6.07 Å². The zero-order valence-electron chi connectivity index (χ0n) is 9.69. The molecule has 2 rings (SSSR count). The minimum Gasteiger partial charge on any atom is -0.478 e. The lowest BCUT2D eigenvalue weighted by Crippen LogP contribution is -2.20. The number of hydrogen-bond donors (Lipinski definition) is 1. The van der Waals surface area contributed by atoms with E-state index in [9.17, 15) is 0 Å². The lowest BCUT2D eigenvalue weighted by molar-refractivity contribution is 0.326. The monoisotopic (exact) mass is 239 g/mol. The molecule has 1 aromatic rings. The number of nitrogens with one attached hydrogen (secondary N) is 1. The molecule has 2 heterocycles. The van der Waals surface area contributed by atoms with Gasteiger partial charge in [-0.3, -0.25) is 0 Å². The first-order valence-corrected chi connectivity index (χ1v) is 6.76. The summed E-state index contributed by atoms with van der Waals surface area (Å²) in [6.45, 7) is 4.55. The summed E-state index contributed by atoms with van der Waals surface area (Å²) in [4.78, 5) is 8.70. The van der Waals surface area contributed by atoms with Crippen molar-refractivity contribution in [2.45, 2.75) is 26.3 Å². The van der Waals surface area contributed by atoms with E-state index in [-0.39, 0.29) is 0 Å². The van der Waals surface area contributed by atoms with E-state index in [4.69, 9.17) is 4.74 Å². The second-order valence-corrected chi connectivity index (χ2v) is 4.96. The molecule has 1 aliphatic rings. The fourth-order valence-electron chi connectivity index (χ4n) is 1.66. The van der Waals surface area contributed by atoms with Crippen LogP contribution >= 0.6 is 11.8 Å². The van der Waals surface area contributed by atoms with Crippen LogP contribution in [0, 0.1) is 6.92 Å². The predicted octanol–water partition coefficient (Wildman–Crippen LogP) is 2.10. The molecule has 0 spiro atoms. The number of nitrogens with zero attached hydrogens (tertiary/aromatic N) is 2. The van der Waals surface area contributed by atoms with Crippen LogP contribution < -0.4 is 10.1 Å². The molecule has 88 valence electrons. The maximum absolute atomic E-state index is 5.40. The molecular formula is C11H17N3OS. The van der Waals surface area contributed by atoms with E-state index < -0.39 is 0 Å². The molecule has 1 saturated heterocycles. The third-order valence-corrected chi connectivity index (χ3v) is 3.55. The Morgan fingerprint density at radius 1 is 1.56 bits per heavy atom. The number of rotatable bonds is 4. The van der Waals surface area contributed by atoms with Gasteiger partial charge in [0, 0.05) is 23.6 Å². The van der Waals surface area contributed by atoms with Crippen molar-refractivity contribution in [3.05, 3.63) is 11.8 Å². The molecule has 1 atom stereocenters. The van der Waals surface area contributed by atoms with Crippen molar-refractivity contribution in [1.29, 1.82) is 0 Å². The van der Waals surface area contributed by atoms with Gasteiger partial charge in [-0.25, -0.2) is 4.98 Å². The van der Waals surface area contributed by atoms with E-state index in [0.29, 0.717) is 24.5 Å². The first kappa shape index (κ1) is 11.5. The van der Waals surface area contributed by atoms with Gasteiger partial charge in [0.1, 0.15) is 0 Å². The van der Waals surface area contributed by atoms with Gasteiger partial charge < -0.3 is 10.1 Å². The van der Waals surface area contributed by atoms with Crippen LogP contribution in [0.5, 0.6) is 5.88 Å². The van der Waals surface area contributed by atoms with Crippen molar-refractivity contribution in [2.24, 2.45) is 0 Å². The first-order valence-electron chi connectivity index (χ1n) is 5.60. The Morgan fingerprint density at radius 3 is 3.12 bits per heavy atom. The molecule has 5 heteroatoms. The number of ether oxygens (including phenoxy) is 1. The molecule has 1 N–H and O–H groups in total. The Balaban J connectivity index is 2.06. The van der Waals surface area contributed by atoms with Gasteiger partial charge in [0.15, 0.2) is 0 Å². The van der Waals surface area contributed by atoms with Crippen molar-refractivity contribution in [3.8, 4) is 5.88 Å². The quantitative estimate of drug-likeness (QED) is 0.872. The number of hydrogen-bond acceptors (Lipinski definition) is 5. The molecule has 1 aliphatic heterocycles. The number of aromatic nitrogens is 2. The maximum atomic E-state index is 5.40. The average Bonchev–Trinajstić information content (AvgIpc) is 2.70. The molecular weight excluding hydrogens is 222 g/mol. The summed E-state index contributed by atoms with van der Waals surface area (Å²) in [5.74, 6) is 3.71. The highest BCUT2D eigenvalue weighted by atomic mass is 32.2. The zero-order chi connectivity index (χ0) is 11.4. The topological polar surface area (TPSA) is 47.0 Å². The van der Waals surface area contributed by atoms with Crippen LogP contribution in [0.2, 0.25) is 0 Å². The molecule has 0 saturated carbocycles. The van der Waals surface area contributed by atoms with Gasteiger partial charge in [-0.2, -0.15) is 16.7 Å². The summed E-state index contributed by atoms with van der Waals surface area (Å²) in [5.41, 5.74) is 0.937. The summed E-state index contributed by atoms with van der Waals surface area (Å²) >= 11 is 1.97. The molecule has 4 nitrogen and oxygen atoms in total. The molecule has 0 radical (unpaired) electrons. The maximum Gasteiger partial charge on any atom is 0.226 e. The highest BCUT2D eigenvalue weighted by Crippen LogP contribution is 2.21. The summed E-state index contributed by atoms with van der Waals surface area (Å²) in [6.07, 6.45) is 1.19. The van der Waals surface area contributed by atoms with Gasteiger partial charge in [0.25, 0.3) is 0 Å². The molecule has 16 heavy (non-hydrogen) atoms. The second kappa shape index (κ2) is 5.39. The smallest absolute Gasteiger partial charge is 0.226 e. The highest BCUT2D eigenvalue weighted by Gasteiger charge is 2.16. The van der Waals surface area contributed by atoms with E-state index >= 15 is 0 Å². The molecule has 0 aliphatic carbocycles. The van der Waals surface area contributed by atoms with E-state index in [1.54, 1.807) is 0 Å². The summed E-state index contributed by atoms with van der Waals surface area (Å²) < 4.78 is 5.40. The standard InChI is InChI=1S/C11H17N3OS/c1-3-15-10-6-8(2)12-11(14-10)13-9-4-5-16-7-9/h6,9H,3-5,7H2,1-2H3,(H,12,13,14). The third kappa shape index (κ3) is 3.01. The van der Waals surface area contributed by atoms with E-state index in [1.165, 1.54) is 12.2 Å². The van der Waals surface area contributed by atoms with Crippen LogP contribution in [0.25, 0.3) is 0 Å². The molecule has 1 fully saturated rings.